The van der Waals surface area contributed by atoms with Crippen molar-refractivity contribution < 1.29 is 9.53 Å². The minimum Gasteiger partial charge on any atom is -0.496 e. The molecule has 0 saturated heterocycles. The van der Waals surface area contributed by atoms with Gasteiger partial charge in [0, 0.05) is 17.0 Å². The molecular formula is C17H19NO2S. The number of methoxy groups -OCH3 is 1. The molecule has 2 aromatic rings. The van der Waals surface area contributed by atoms with E-state index >= 15 is 0 Å². The van der Waals surface area contributed by atoms with Gasteiger partial charge in [-0.1, -0.05) is 24.3 Å². The van der Waals surface area contributed by atoms with Gasteiger partial charge in [0.2, 0.25) is 5.91 Å². The number of thiophene rings is 1. The van der Waals surface area contributed by atoms with Crippen LogP contribution in [0, 0.1) is 0 Å². The molecule has 1 amide bonds. The highest BCUT2D eigenvalue weighted by molar-refractivity contribution is 7.10. The van der Waals surface area contributed by atoms with E-state index in [0.717, 1.165) is 28.2 Å². The van der Waals surface area contributed by atoms with Crippen LogP contribution >= 0.6 is 11.3 Å². The molecule has 0 aliphatic heterocycles. The first kappa shape index (κ1) is 15.3. The summed E-state index contributed by atoms with van der Waals surface area (Å²) in [5, 5.41) is 4.94. The van der Waals surface area contributed by atoms with Gasteiger partial charge in [0.1, 0.15) is 5.75 Å². The molecule has 21 heavy (non-hydrogen) atoms. The normalized spacial score (nSPS) is 11.2. The van der Waals surface area contributed by atoms with E-state index in [0.29, 0.717) is 6.54 Å². The molecule has 1 heterocycles. The molecule has 110 valence electrons. The molecule has 3 nitrogen and oxygen atoms in total. The van der Waals surface area contributed by atoms with Crippen molar-refractivity contribution in [2.24, 2.45) is 0 Å². The predicted octanol–water partition coefficient (Wildman–Crippen LogP) is 3.52. The fraction of sp³-hybridized carbons (Fsp3) is 0.235. The van der Waals surface area contributed by atoms with Crippen LogP contribution in [0.4, 0.5) is 0 Å². The Labute approximate surface area is 129 Å². The summed E-state index contributed by atoms with van der Waals surface area (Å²) in [6, 6.07) is 11.8. The van der Waals surface area contributed by atoms with Gasteiger partial charge in [-0.2, -0.15) is 0 Å². The number of benzene rings is 1. The zero-order chi connectivity index (χ0) is 15.1. The third-order valence-electron chi connectivity index (χ3n) is 3.13. The second-order valence-electron chi connectivity index (χ2n) is 4.66. The zero-order valence-electron chi connectivity index (χ0n) is 12.3. The van der Waals surface area contributed by atoms with Crippen LogP contribution in [0.15, 0.2) is 47.4 Å². The Morgan fingerprint density at radius 2 is 2.10 bits per heavy atom. The SMILES string of the molecule is COc1ccccc1CCNC(=O)/C(C)=C/c1cccs1. The number of carbonyl (C=O) groups excluding carboxylic acids is 1. The Bertz CT molecular complexity index is 617. The molecule has 0 fully saturated rings. The summed E-state index contributed by atoms with van der Waals surface area (Å²) in [6.07, 6.45) is 2.66. The summed E-state index contributed by atoms with van der Waals surface area (Å²) >= 11 is 1.62. The van der Waals surface area contributed by atoms with Crippen LogP contribution in [-0.4, -0.2) is 19.6 Å². The predicted molar refractivity (Wildman–Crippen MR) is 87.7 cm³/mol. The summed E-state index contributed by atoms with van der Waals surface area (Å²) in [5.74, 6) is 0.830. The third-order valence-corrected chi connectivity index (χ3v) is 3.95. The summed E-state index contributed by atoms with van der Waals surface area (Å²) in [6.45, 7) is 2.42. The maximum atomic E-state index is 12.0. The van der Waals surface area contributed by atoms with E-state index in [-0.39, 0.29) is 5.91 Å². The van der Waals surface area contributed by atoms with Gasteiger partial charge in [-0.3, -0.25) is 4.79 Å². The highest BCUT2D eigenvalue weighted by atomic mass is 32.1. The van der Waals surface area contributed by atoms with Crippen molar-refractivity contribution in [2.45, 2.75) is 13.3 Å². The highest BCUT2D eigenvalue weighted by Gasteiger charge is 2.06. The number of amides is 1. The van der Waals surface area contributed by atoms with Crippen LogP contribution < -0.4 is 10.1 Å². The van der Waals surface area contributed by atoms with E-state index in [1.165, 1.54) is 0 Å². The van der Waals surface area contributed by atoms with E-state index < -0.39 is 0 Å². The number of hydrogen-bond donors (Lipinski definition) is 1. The summed E-state index contributed by atoms with van der Waals surface area (Å²) in [5.41, 5.74) is 1.82. The van der Waals surface area contributed by atoms with E-state index in [2.05, 4.69) is 5.32 Å². The maximum Gasteiger partial charge on any atom is 0.246 e. The molecule has 1 aromatic carbocycles. The van der Waals surface area contributed by atoms with Gasteiger partial charge in [-0.25, -0.2) is 0 Å². The van der Waals surface area contributed by atoms with Gasteiger partial charge in [-0.05, 0) is 42.5 Å². The second kappa shape index (κ2) is 7.64. The van der Waals surface area contributed by atoms with Crippen molar-refractivity contribution in [3.8, 4) is 5.75 Å². The van der Waals surface area contributed by atoms with Gasteiger partial charge in [0.05, 0.1) is 7.11 Å². The number of nitrogens with one attached hydrogen (secondary N) is 1. The van der Waals surface area contributed by atoms with Crippen molar-refractivity contribution >= 4 is 23.3 Å². The zero-order valence-corrected chi connectivity index (χ0v) is 13.1. The van der Waals surface area contributed by atoms with Crippen LogP contribution in [0.1, 0.15) is 17.4 Å². The van der Waals surface area contributed by atoms with Crippen LogP contribution in [0.25, 0.3) is 6.08 Å². The molecule has 1 N–H and O–H groups in total. The summed E-state index contributed by atoms with van der Waals surface area (Å²) < 4.78 is 5.30. The molecule has 0 radical (unpaired) electrons. The lowest BCUT2D eigenvalue weighted by atomic mass is 10.1. The van der Waals surface area contributed by atoms with Crippen molar-refractivity contribution in [3.63, 3.8) is 0 Å². The lowest BCUT2D eigenvalue weighted by molar-refractivity contribution is -0.117. The molecule has 4 heteroatoms. The molecule has 2 rings (SSSR count). The Hall–Kier alpha value is -2.07. The highest BCUT2D eigenvalue weighted by Crippen LogP contribution is 2.17. The second-order valence-corrected chi connectivity index (χ2v) is 5.64. The minimum absolute atomic E-state index is 0.0294. The van der Waals surface area contributed by atoms with Gasteiger partial charge < -0.3 is 10.1 Å². The molecule has 0 aliphatic rings. The third kappa shape index (κ3) is 4.46. The van der Waals surface area contributed by atoms with Gasteiger partial charge in [0.15, 0.2) is 0 Å². The lowest BCUT2D eigenvalue weighted by Crippen LogP contribution is -2.26. The van der Waals surface area contributed by atoms with Crippen molar-refractivity contribution in [1.29, 1.82) is 0 Å². The maximum absolute atomic E-state index is 12.0. The topological polar surface area (TPSA) is 38.3 Å². The minimum atomic E-state index is -0.0294. The van der Waals surface area contributed by atoms with Gasteiger partial charge in [-0.15, -0.1) is 11.3 Å². The average Bonchev–Trinajstić information content (AvgIpc) is 3.00. The Balaban J connectivity index is 1.87. The van der Waals surface area contributed by atoms with Crippen molar-refractivity contribution in [3.05, 3.63) is 57.8 Å². The van der Waals surface area contributed by atoms with E-state index in [9.17, 15) is 4.79 Å². The fourth-order valence-corrected chi connectivity index (χ4v) is 2.73. The Morgan fingerprint density at radius 3 is 2.81 bits per heavy atom. The van der Waals surface area contributed by atoms with Crippen molar-refractivity contribution in [1.82, 2.24) is 5.32 Å². The molecule has 0 bridgehead atoms. The quantitative estimate of drug-likeness (QED) is 0.829. The molecule has 0 aliphatic carbocycles. The average molecular weight is 301 g/mol. The molecule has 1 aromatic heterocycles. The molecule has 0 atom stereocenters. The molecule has 0 saturated carbocycles. The Kier molecular flexibility index (Phi) is 5.58. The van der Waals surface area contributed by atoms with E-state index in [1.807, 2.05) is 54.8 Å². The Morgan fingerprint density at radius 1 is 1.29 bits per heavy atom. The van der Waals surface area contributed by atoms with Crippen LogP contribution in [0.2, 0.25) is 0 Å². The monoisotopic (exact) mass is 301 g/mol. The van der Waals surface area contributed by atoms with Gasteiger partial charge in [0.25, 0.3) is 0 Å². The molecular weight excluding hydrogens is 282 g/mol. The molecule has 0 spiro atoms. The number of carbonyl (C=O) groups is 1. The van der Waals surface area contributed by atoms with Crippen molar-refractivity contribution in [2.75, 3.05) is 13.7 Å². The number of rotatable bonds is 6. The standard InChI is InChI=1S/C17H19NO2S/c1-13(12-15-7-5-11-21-15)17(19)18-10-9-14-6-3-4-8-16(14)20-2/h3-8,11-12H,9-10H2,1-2H3,(H,18,19)/b13-12+. The first-order valence-electron chi connectivity index (χ1n) is 6.82. The van der Waals surface area contributed by atoms with E-state index in [4.69, 9.17) is 4.74 Å². The fourth-order valence-electron chi connectivity index (χ4n) is 2.01. The summed E-state index contributed by atoms with van der Waals surface area (Å²) in [7, 11) is 1.66. The van der Waals surface area contributed by atoms with Gasteiger partial charge >= 0.3 is 0 Å². The largest absolute Gasteiger partial charge is 0.496 e. The first-order chi connectivity index (χ1) is 10.2. The van der Waals surface area contributed by atoms with Crippen LogP contribution in [0.3, 0.4) is 0 Å². The first-order valence-corrected chi connectivity index (χ1v) is 7.70. The molecule has 0 unspecified atom stereocenters. The number of ether oxygens (including phenoxy) is 1. The van der Waals surface area contributed by atoms with Crippen LogP contribution in [-0.2, 0) is 11.2 Å². The lowest BCUT2D eigenvalue weighted by Gasteiger charge is -2.09. The summed E-state index contributed by atoms with van der Waals surface area (Å²) in [4.78, 5) is 13.1. The number of para-hydroxylation sites is 1. The number of hydrogen-bond acceptors (Lipinski definition) is 3. The van der Waals surface area contributed by atoms with Crippen LogP contribution in [0.5, 0.6) is 5.75 Å². The smallest absolute Gasteiger partial charge is 0.246 e. The van der Waals surface area contributed by atoms with E-state index in [1.54, 1.807) is 18.4 Å².